The Balaban J connectivity index is 1.37. The highest BCUT2D eigenvalue weighted by Gasteiger charge is 2.17. The number of benzene rings is 1. The van der Waals surface area contributed by atoms with Crippen LogP contribution in [0.5, 0.6) is 5.75 Å². The molecule has 5 heteroatoms. The number of rotatable bonds is 4. The minimum atomic E-state index is -0.0990. The fraction of sp³-hybridized carbons (Fsp3) is 0.300. The molecule has 1 fully saturated rings. The molecule has 0 unspecified atom stereocenters. The first-order valence-electron chi connectivity index (χ1n) is 8.70. The van der Waals surface area contributed by atoms with E-state index in [9.17, 15) is 4.79 Å². The van der Waals surface area contributed by atoms with Crippen LogP contribution in [-0.4, -0.2) is 30.6 Å². The van der Waals surface area contributed by atoms with Crippen LogP contribution in [0.4, 0.5) is 5.82 Å². The van der Waals surface area contributed by atoms with Gasteiger partial charge in [-0.15, -0.1) is 0 Å². The molecule has 0 aliphatic carbocycles. The van der Waals surface area contributed by atoms with Crippen molar-refractivity contribution in [2.24, 2.45) is 0 Å². The number of aromatic nitrogens is 1. The van der Waals surface area contributed by atoms with Crippen LogP contribution in [-0.2, 0) is 11.3 Å². The summed E-state index contributed by atoms with van der Waals surface area (Å²) in [4.78, 5) is 19.2. The summed E-state index contributed by atoms with van der Waals surface area (Å²) in [5, 5.41) is 2.95. The molecule has 0 saturated carbocycles. The van der Waals surface area contributed by atoms with E-state index in [0.717, 1.165) is 35.8 Å². The minimum absolute atomic E-state index is 0.0990. The van der Waals surface area contributed by atoms with Gasteiger partial charge in [0.05, 0.1) is 5.57 Å². The number of hydrogen-bond acceptors (Lipinski definition) is 4. The molecule has 4 rings (SSSR count). The lowest BCUT2D eigenvalue weighted by Crippen LogP contribution is -2.28. The first-order chi connectivity index (χ1) is 12.3. The highest BCUT2D eigenvalue weighted by atomic mass is 16.5. The summed E-state index contributed by atoms with van der Waals surface area (Å²) in [6.07, 6.45) is 6.21. The van der Waals surface area contributed by atoms with Gasteiger partial charge in [0.2, 0.25) is 0 Å². The van der Waals surface area contributed by atoms with Gasteiger partial charge in [0.15, 0.2) is 0 Å². The predicted octanol–water partition coefficient (Wildman–Crippen LogP) is 2.77. The Bertz CT molecular complexity index is 793. The Hall–Kier alpha value is -2.82. The third-order valence-electron chi connectivity index (χ3n) is 4.62. The van der Waals surface area contributed by atoms with Gasteiger partial charge in [-0.25, -0.2) is 4.98 Å². The molecule has 0 atom stereocenters. The predicted molar refractivity (Wildman–Crippen MR) is 97.4 cm³/mol. The van der Waals surface area contributed by atoms with Crippen molar-refractivity contribution in [3.05, 3.63) is 59.3 Å². The summed E-state index contributed by atoms with van der Waals surface area (Å²) in [5.74, 6) is 1.74. The third kappa shape index (κ3) is 3.50. The Labute approximate surface area is 147 Å². The van der Waals surface area contributed by atoms with E-state index in [1.807, 2.05) is 48.7 Å². The molecule has 1 N–H and O–H groups in total. The summed E-state index contributed by atoms with van der Waals surface area (Å²) in [5.41, 5.74) is 2.57. The van der Waals surface area contributed by atoms with Gasteiger partial charge >= 0.3 is 0 Å². The van der Waals surface area contributed by atoms with Crippen molar-refractivity contribution in [1.82, 2.24) is 10.3 Å². The molecule has 1 saturated heterocycles. The maximum absolute atomic E-state index is 12.4. The average Bonchev–Trinajstić information content (AvgIpc) is 3.21. The number of nitrogens with zero attached hydrogens (tertiary/aromatic N) is 2. The van der Waals surface area contributed by atoms with Gasteiger partial charge in [-0.05, 0) is 36.6 Å². The largest absolute Gasteiger partial charge is 0.488 e. The van der Waals surface area contributed by atoms with Crippen LogP contribution in [0.1, 0.15) is 24.0 Å². The van der Waals surface area contributed by atoms with Gasteiger partial charge in [0.1, 0.15) is 18.2 Å². The highest BCUT2D eigenvalue weighted by molar-refractivity contribution is 5.99. The molecule has 1 amide bonds. The Morgan fingerprint density at radius 2 is 2.00 bits per heavy atom. The zero-order valence-corrected chi connectivity index (χ0v) is 14.1. The average molecular weight is 335 g/mol. The summed E-state index contributed by atoms with van der Waals surface area (Å²) >= 11 is 0. The van der Waals surface area contributed by atoms with Gasteiger partial charge in [-0.1, -0.05) is 24.3 Å². The van der Waals surface area contributed by atoms with E-state index in [1.165, 1.54) is 12.8 Å². The highest BCUT2D eigenvalue weighted by Crippen LogP contribution is 2.25. The van der Waals surface area contributed by atoms with E-state index in [0.29, 0.717) is 18.7 Å². The minimum Gasteiger partial charge on any atom is -0.488 e. The molecule has 1 aromatic heterocycles. The van der Waals surface area contributed by atoms with Crippen molar-refractivity contribution in [2.75, 3.05) is 24.6 Å². The molecule has 5 nitrogen and oxygen atoms in total. The summed E-state index contributed by atoms with van der Waals surface area (Å²) < 4.78 is 5.63. The molecular weight excluding hydrogens is 314 g/mol. The molecule has 1 aromatic carbocycles. The van der Waals surface area contributed by atoms with Gasteiger partial charge in [0.25, 0.3) is 5.91 Å². The number of carbonyl (C=O) groups excluding carboxylic acids is 1. The first-order valence-corrected chi connectivity index (χ1v) is 8.70. The van der Waals surface area contributed by atoms with E-state index in [-0.39, 0.29) is 5.91 Å². The van der Waals surface area contributed by atoms with Crippen molar-refractivity contribution in [2.45, 2.75) is 19.4 Å². The summed E-state index contributed by atoms with van der Waals surface area (Å²) in [6.45, 7) is 2.93. The van der Waals surface area contributed by atoms with Crippen molar-refractivity contribution in [3.63, 3.8) is 0 Å². The van der Waals surface area contributed by atoms with Crippen LogP contribution < -0.4 is 15.0 Å². The number of amides is 1. The fourth-order valence-electron chi connectivity index (χ4n) is 3.20. The molecule has 3 heterocycles. The van der Waals surface area contributed by atoms with Crippen LogP contribution >= 0.6 is 0 Å². The lowest BCUT2D eigenvalue weighted by molar-refractivity contribution is -0.117. The number of carbonyl (C=O) groups is 1. The maximum Gasteiger partial charge on any atom is 0.250 e. The van der Waals surface area contributed by atoms with E-state index in [1.54, 1.807) is 0 Å². The number of ether oxygens (including phenoxy) is 1. The van der Waals surface area contributed by atoms with Crippen molar-refractivity contribution in [3.8, 4) is 5.75 Å². The molecule has 0 bridgehead atoms. The van der Waals surface area contributed by atoms with Crippen LogP contribution in [0.25, 0.3) is 6.08 Å². The van der Waals surface area contributed by atoms with Crippen molar-refractivity contribution >= 4 is 17.8 Å². The third-order valence-corrected chi connectivity index (χ3v) is 4.62. The monoisotopic (exact) mass is 335 g/mol. The van der Waals surface area contributed by atoms with Crippen LogP contribution in [0.15, 0.2) is 48.2 Å². The normalized spacial score (nSPS) is 16.0. The molecular formula is C20H21N3O2. The lowest BCUT2D eigenvalue weighted by Gasteiger charge is -2.18. The number of nitrogens with one attached hydrogen (secondary N) is 1. The maximum atomic E-state index is 12.4. The summed E-state index contributed by atoms with van der Waals surface area (Å²) in [6, 6.07) is 11.8. The Morgan fingerprint density at radius 3 is 2.80 bits per heavy atom. The van der Waals surface area contributed by atoms with Gasteiger partial charge in [-0.3, -0.25) is 4.79 Å². The number of para-hydroxylation sites is 1. The fourth-order valence-corrected chi connectivity index (χ4v) is 3.20. The number of fused-ring (bicyclic) bond motifs is 1. The smallest absolute Gasteiger partial charge is 0.250 e. The van der Waals surface area contributed by atoms with Gasteiger partial charge in [0, 0.05) is 31.4 Å². The Morgan fingerprint density at radius 1 is 1.16 bits per heavy atom. The first kappa shape index (κ1) is 15.7. The van der Waals surface area contributed by atoms with Gasteiger partial charge in [-0.2, -0.15) is 0 Å². The van der Waals surface area contributed by atoms with Crippen molar-refractivity contribution in [1.29, 1.82) is 0 Å². The van der Waals surface area contributed by atoms with Crippen LogP contribution in [0.3, 0.4) is 0 Å². The summed E-state index contributed by atoms with van der Waals surface area (Å²) in [7, 11) is 0. The van der Waals surface area contributed by atoms with Crippen LogP contribution in [0, 0.1) is 0 Å². The molecule has 2 aromatic rings. The van der Waals surface area contributed by atoms with Crippen LogP contribution in [0.2, 0.25) is 0 Å². The van der Waals surface area contributed by atoms with E-state index < -0.39 is 0 Å². The molecule has 0 radical (unpaired) electrons. The topological polar surface area (TPSA) is 54.5 Å². The number of hydrogen-bond donors (Lipinski definition) is 1. The number of pyridine rings is 1. The van der Waals surface area contributed by atoms with E-state index >= 15 is 0 Å². The second kappa shape index (κ2) is 6.97. The van der Waals surface area contributed by atoms with E-state index in [2.05, 4.69) is 15.2 Å². The molecule has 0 spiro atoms. The lowest BCUT2D eigenvalue weighted by atomic mass is 10.1. The molecule has 2 aliphatic rings. The molecule has 128 valence electrons. The zero-order valence-electron chi connectivity index (χ0n) is 14.1. The number of anilines is 1. The second-order valence-corrected chi connectivity index (χ2v) is 6.40. The molecule has 25 heavy (non-hydrogen) atoms. The second-order valence-electron chi connectivity index (χ2n) is 6.40. The van der Waals surface area contributed by atoms with E-state index in [4.69, 9.17) is 4.74 Å². The Kier molecular flexibility index (Phi) is 4.37. The molecule has 2 aliphatic heterocycles. The quantitative estimate of drug-likeness (QED) is 0.933. The standard InChI is InChI=1S/C20H21N3O2/c24-20(17-11-16-5-1-2-6-18(16)25-14-17)22-13-15-7-8-19(21-12-15)23-9-3-4-10-23/h1-2,5-8,11-12H,3-4,9-10,13-14H2,(H,22,24). The van der Waals surface area contributed by atoms with Gasteiger partial charge < -0.3 is 15.0 Å². The zero-order chi connectivity index (χ0) is 17.1. The SMILES string of the molecule is O=C(NCc1ccc(N2CCCC2)nc1)C1=Cc2ccccc2OC1. The van der Waals surface area contributed by atoms with Crippen molar-refractivity contribution < 1.29 is 9.53 Å².